The van der Waals surface area contributed by atoms with Crippen LogP contribution in [0.2, 0.25) is 5.02 Å². The number of hydrogen-bond donors (Lipinski definition) is 1. The van der Waals surface area contributed by atoms with Gasteiger partial charge >= 0.3 is 0 Å². The fraction of sp³-hybridized carbons (Fsp3) is 0.357. The highest BCUT2D eigenvalue weighted by Crippen LogP contribution is 2.38. The zero-order valence-electron chi connectivity index (χ0n) is 10.8. The molecule has 1 saturated heterocycles. The van der Waals surface area contributed by atoms with E-state index in [0.717, 1.165) is 36.3 Å². The Kier molecular flexibility index (Phi) is 3.21. The molecule has 1 aliphatic heterocycles. The van der Waals surface area contributed by atoms with Gasteiger partial charge in [-0.15, -0.1) is 0 Å². The summed E-state index contributed by atoms with van der Waals surface area (Å²) in [6.07, 6.45) is 2.10. The quantitative estimate of drug-likeness (QED) is 0.917. The lowest BCUT2D eigenvalue weighted by Crippen LogP contribution is -2.00. The summed E-state index contributed by atoms with van der Waals surface area (Å²) in [7, 11) is 1.85. The largest absolute Gasteiger partial charge is 0.383 e. The normalized spacial score (nSPS) is 18.9. The third-order valence-electron chi connectivity index (χ3n) is 3.47. The standard InChI is InChI=1S/C14H16ClN3O/c1-18-14(16)12(9-4-2-5-10(15)8-9)13(17-18)11-6-3-7-19-11/h2,4-5,8,11H,3,6-7,16H2,1H3. The molecular weight excluding hydrogens is 262 g/mol. The van der Waals surface area contributed by atoms with E-state index in [4.69, 9.17) is 22.1 Å². The maximum Gasteiger partial charge on any atom is 0.129 e. The number of nitrogens with zero attached hydrogens (tertiary/aromatic N) is 2. The zero-order chi connectivity index (χ0) is 13.4. The summed E-state index contributed by atoms with van der Waals surface area (Å²) in [5.41, 5.74) is 9.00. The van der Waals surface area contributed by atoms with Gasteiger partial charge in [-0.2, -0.15) is 5.10 Å². The van der Waals surface area contributed by atoms with Gasteiger partial charge in [0, 0.05) is 24.2 Å². The van der Waals surface area contributed by atoms with E-state index >= 15 is 0 Å². The van der Waals surface area contributed by atoms with E-state index < -0.39 is 0 Å². The number of nitrogen functional groups attached to an aromatic ring is 1. The van der Waals surface area contributed by atoms with Crippen LogP contribution in [-0.2, 0) is 11.8 Å². The lowest BCUT2D eigenvalue weighted by molar-refractivity contribution is 0.108. The first-order chi connectivity index (χ1) is 9.16. The summed E-state index contributed by atoms with van der Waals surface area (Å²) in [5.74, 6) is 0.646. The Morgan fingerprint density at radius 1 is 1.47 bits per heavy atom. The number of aryl methyl sites for hydroxylation is 1. The molecule has 19 heavy (non-hydrogen) atoms. The SMILES string of the molecule is Cn1nc(C2CCCO2)c(-c2cccc(Cl)c2)c1N. The first-order valence-electron chi connectivity index (χ1n) is 6.36. The molecule has 1 unspecified atom stereocenters. The Balaban J connectivity index is 2.13. The summed E-state index contributed by atoms with van der Waals surface area (Å²) in [4.78, 5) is 0. The Labute approximate surface area is 117 Å². The third-order valence-corrected chi connectivity index (χ3v) is 3.70. The highest BCUT2D eigenvalue weighted by atomic mass is 35.5. The number of benzene rings is 1. The minimum Gasteiger partial charge on any atom is -0.383 e. The number of nitrogens with two attached hydrogens (primary N) is 1. The van der Waals surface area contributed by atoms with Crippen LogP contribution in [-0.4, -0.2) is 16.4 Å². The second-order valence-corrected chi connectivity index (χ2v) is 5.22. The molecule has 0 spiro atoms. The minimum absolute atomic E-state index is 0.0393. The van der Waals surface area contributed by atoms with Crippen LogP contribution in [0.4, 0.5) is 5.82 Å². The van der Waals surface area contributed by atoms with Crippen LogP contribution in [0.3, 0.4) is 0 Å². The lowest BCUT2D eigenvalue weighted by Gasteiger charge is -2.09. The summed E-state index contributed by atoms with van der Waals surface area (Å²) >= 11 is 6.07. The molecule has 1 aliphatic rings. The van der Waals surface area contributed by atoms with E-state index in [2.05, 4.69) is 5.10 Å². The fourth-order valence-electron chi connectivity index (χ4n) is 2.52. The van der Waals surface area contributed by atoms with Gasteiger partial charge in [0.1, 0.15) is 17.6 Å². The van der Waals surface area contributed by atoms with Crippen molar-refractivity contribution < 1.29 is 4.74 Å². The summed E-state index contributed by atoms with van der Waals surface area (Å²) in [6, 6.07) is 7.68. The molecule has 1 aromatic carbocycles. The Morgan fingerprint density at radius 3 is 3.00 bits per heavy atom. The molecule has 5 heteroatoms. The first kappa shape index (κ1) is 12.5. The number of hydrogen-bond acceptors (Lipinski definition) is 3. The molecule has 0 amide bonds. The molecule has 2 heterocycles. The van der Waals surface area contributed by atoms with Crippen molar-refractivity contribution in [1.29, 1.82) is 0 Å². The average Bonchev–Trinajstić information content (AvgIpc) is 2.99. The van der Waals surface area contributed by atoms with E-state index in [0.29, 0.717) is 10.8 Å². The molecule has 0 aliphatic carbocycles. The van der Waals surface area contributed by atoms with E-state index in [1.807, 2.05) is 31.3 Å². The molecule has 0 bridgehead atoms. The van der Waals surface area contributed by atoms with Crippen molar-refractivity contribution in [2.24, 2.45) is 7.05 Å². The van der Waals surface area contributed by atoms with Gasteiger partial charge in [0.05, 0.1) is 0 Å². The van der Waals surface area contributed by atoms with E-state index in [1.165, 1.54) is 0 Å². The van der Waals surface area contributed by atoms with Gasteiger partial charge in [-0.3, -0.25) is 4.68 Å². The van der Waals surface area contributed by atoms with Crippen LogP contribution in [0.25, 0.3) is 11.1 Å². The van der Waals surface area contributed by atoms with Crippen LogP contribution < -0.4 is 5.73 Å². The summed E-state index contributed by atoms with van der Waals surface area (Å²) < 4.78 is 7.44. The van der Waals surface area contributed by atoms with Crippen molar-refractivity contribution in [3.8, 4) is 11.1 Å². The average molecular weight is 278 g/mol. The molecule has 3 rings (SSSR count). The highest BCUT2D eigenvalue weighted by Gasteiger charge is 2.26. The van der Waals surface area contributed by atoms with Crippen LogP contribution in [0.15, 0.2) is 24.3 Å². The van der Waals surface area contributed by atoms with E-state index in [9.17, 15) is 0 Å². The number of aromatic nitrogens is 2. The molecule has 2 N–H and O–H groups in total. The third kappa shape index (κ3) is 2.22. The van der Waals surface area contributed by atoms with Gasteiger partial charge in [-0.25, -0.2) is 0 Å². The molecule has 1 fully saturated rings. The Hall–Kier alpha value is -1.52. The number of halogens is 1. The van der Waals surface area contributed by atoms with E-state index in [-0.39, 0.29) is 6.10 Å². The van der Waals surface area contributed by atoms with E-state index in [1.54, 1.807) is 4.68 Å². The van der Waals surface area contributed by atoms with Gasteiger partial charge < -0.3 is 10.5 Å². The van der Waals surface area contributed by atoms with Gasteiger partial charge in [-0.05, 0) is 30.5 Å². The molecular formula is C14H16ClN3O. The van der Waals surface area contributed by atoms with Crippen LogP contribution in [0.5, 0.6) is 0 Å². The highest BCUT2D eigenvalue weighted by molar-refractivity contribution is 6.30. The van der Waals surface area contributed by atoms with Crippen molar-refractivity contribution in [1.82, 2.24) is 9.78 Å². The number of ether oxygens (including phenoxy) is 1. The smallest absolute Gasteiger partial charge is 0.129 e. The number of anilines is 1. The fourth-order valence-corrected chi connectivity index (χ4v) is 2.71. The minimum atomic E-state index is 0.0393. The topological polar surface area (TPSA) is 53.1 Å². The molecule has 100 valence electrons. The Morgan fingerprint density at radius 2 is 2.32 bits per heavy atom. The molecule has 1 aromatic heterocycles. The maximum absolute atomic E-state index is 6.15. The monoisotopic (exact) mass is 277 g/mol. The second kappa shape index (κ2) is 4.87. The Bertz CT molecular complexity index is 603. The molecule has 0 saturated carbocycles. The first-order valence-corrected chi connectivity index (χ1v) is 6.74. The maximum atomic E-state index is 6.15. The summed E-state index contributed by atoms with van der Waals surface area (Å²) in [6.45, 7) is 0.788. The summed E-state index contributed by atoms with van der Waals surface area (Å²) in [5, 5.41) is 5.22. The van der Waals surface area contributed by atoms with Crippen molar-refractivity contribution in [3.05, 3.63) is 35.0 Å². The van der Waals surface area contributed by atoms with Gasteiger partial charge in [0.2, 0.25) is 0 Å². The second-order valence-electron chi connectivity index (χ2n) is 4.78. The van der Waals surface area contributed by atoms with Crippen LogP contribution in [0.1, 0.15) is 24.6 Å². The van der Waals surface area contributed by atoms with Gasteiger partial charge in [0.15, 0.2) is 0 Å². The van der Waals surface area contributed by atoms with Crippen LogP contribution >= 0.6 is 11.6 Å². The predicted molar refractivity (Wildman–Crippen MR) is 76.0 cm³/mol. The van der Waals surface area contributed by atoms with Crippen LogP contribution in [0, 0.1) is 0 Å². The predicted octanol–water partition coefficient (Wildman–Crippen LogP) is 3.17. The van der Waals surface area contributed by atoms with Crippen molar-refractivity contribution in [2.75, 3.05) is 12.3 Å². The number of rotatable bonds is 2. The lowest BCUT2D eigenvalue weighted by atomic mass is 10.0. The van der Waals surface area contributed by atoms with Crippen molar-refractivity contribution >= 4 is 17.4 Å². The molecule has 4 nitrogen and oxygen atoms in total. The molecule has 2 aromatic rings. The molecule has 0 radical (unpaired) electrons. The zero-order valence-corrected chi connectivity index (χ0v) is 11.5. The molecule has 1 atom stereocenters. The van der Waals surface area contributed by atoms with Gasteiger partial charge in [-0.1, -0.05) is 23.7 Å². The van der Waals surface area contributed by atoms with Crippen molar-refractivity contribution in [2.45, 2.75) is 18.9 Å². The van der Waals surface area contributed by atoms with Crippen molar-refractivity contribution in [3.63, 3.8) is 0 Å². The van der Waals surface area contributed by atoms with Gasteiger partial charge in [0.25, 0.3) is 0 Å².